The van der Waals surface area contributed by atoms with E-state index in [0.717, 1.165) is 5.56 Å². The first-order valence-electron chi connectivity index (χ1n) is 3.45. The van der Waals surface area contributed by atoms with Crippen molar-refractivity contribution in [3.8, 4) is 0 Å². The van der Waals surface area contributed by atoms with E-state index < -0.39 is 5.17 Å². The molecule has 0 saturated heterocycles. The minimum Gasteiger partial charge on any atom is -0.599 e. The predicted molar refractivity (Wildman–Crippen MR) is 41.7 cm³/mol. The van der Waals surface area contributed by atoms with Gasteiger partial charge in [-0.3, -0.25) is 0 Å². The molecule has 1 heterocycles. The van der Waals surface area contributed by atoms with E-state index in [1.54, 1.807) is 18.2 Å². The van der Waals surface area contributed by atoms with Gasteiger partial charge in [-0.2, -0.15) is 5.17 Å². The van der Waals surface area contributed by atoms with Crippen molar-refractivity contribution in [3.05, 3.63) is 35.0 Å². The Hall–Kier alpha value is -1.43. The van der Waals surface area contributed by atoms with Crippen molar-refractivity contribution < 1.29 is 10.4 Å². The Morgan fingerprint density at radius 1 is 1.42 bits per heavy atom. The Morgan fingerprint density at radius 2 is 2.17 bits per heavy atom. The molecular formula is C7H7N3O2. The van der Waals surface area contributed by atoms with Crippen LogP contribution in [0.15, 0.2) is 29.4 Å². The van der Waals surface area contributed by atoms with Crippen LogP contribution in [0.5, 0.6) is 0 Å². The van der Waals surface area contributed by atoms with E-state index in [2.05, 4.69) is 5.10 Å². The summed E-state index contributed by atoms with van der Waals surface area (Å²) >= 11 is 0. The quantitative estimate of drug-likeness (QED) is 0.517. The van der Waals surface area contributed by atoms with Crippen LogP contribution in [0.2, 0.25) is 0 Å². The van der Waals surface area contributed by atoms with Gasteiger partial charge in [0, 0.05) is 11.3 Å². The molecular weight excluding hydrogens is 158 g/mol. The molecule has 0 spiro atoms. The van der Waals surface area contributed by atoms with Crippen molar-refractivity contribution in [2.45, 2.75) is 0 Å². The number of rotatable bonds is 0. The predicted octanol–water partition coefficient (Wildman–Crippen LogP) is -0.346. The van der Waals surface area contributed by atoms with Gasteiger partial charge in [-0.1, -0.05) is 12.1 Å². The van der Waals surface area contributed by atoms with Crippen LogP contribution in [-0.4, -0.2) is 16.7 Å². The normalized spacial score (nSPS) is 20.8. The fourth-order valence-corrected chi connectivity index (χ4v) is 1.08. The maximum absolute atomic E-state index is 11.2. The molecule has 2 rings (SSSR count). The molecule has 0 saturated carbocycles. The molecule has 0 radical (unpaired) electrons. The largest absolute Gasteiger partial charge is 0.599 e. The second-order valence-corrected chi connectivity index (χ2v) is 2.43. The van der Waals surface area contributed by atoms with Gasteiger partial charge in [0.15, 0.2) is 5.69 Å². The van der Waals surface area contributed by atoms with Crippen LogP contribution in [0.4, 0.5) is 5.69 Å². The maximum Gasteiger partial charge on any atom is 0.168 e. The van der Waals surface area contributed by atoms with E-state index in [1.165, 1.54) is 6.21 Å². The molecule has 1 aromatic carbocycles. The van der Waals surface area contributed by atoms with E-state index in [-0.39, 0.29) is 0 Å². The standard InChI is InChI=1S/C7H7N3O2/c11-9-7-4-2-1-3-6(7)5-8-10(9)12/h1-5,9,12H. The third kappa shape index (κ3) is 0.964. The molecule has 1 unspecified atom stereocenters. The minimum absolute atomic E-state index is 0.336. The fourth-order valence-electron chi connectivity index (χ4n) is 1.08. The van der Waals surface area contributed by atoms with E-state index in [0.29, 0.717) is 11.0 Å². The molecule has 0 amide bonds. The zero-order valence-corrected chi connectivity index (χ0v) is 6.14. The first-order chi connectivity index (χ1) is 5.79. The molecule has 5 nitrogen and oxygen atoms in total. The number of quaternary nitrogens is 1. The van der Waals surface area contributed by atoms with Gasteiger partial charge in [0.1, 0.15) is 0 Å². The van der Waals surface area contributed by atoms with Gasteiger partial charge in [-0.15, -0.1) is 5.10 Å². The van der Waals surface area contributed by atoms with Crippen LogP contribution < -0.4 is 5.17 Å². The lowest BCUT2D eigenvalue weighted by Gasteiger charge is -2.28. The Kier molecular flexibility index (Phi) is 1.54. The smallest absolute Gasteiger partial charge is 0.168 e. The summed E-state index contributed by atoms with van der Waals surface area (Å²) in [6, 6.07) is 6.96. The minimum atomic E-state index is -0.492. The first-order valence-corrected chi connectivity index (χ1v) is 3.45. The Morgan fingerprint density at radius 3 is 3.00 bits per heavy atom. The van der Waals surface area contributed by atoms with Crippen molar-refractivity contribution in [1.29, 1.82) is 0 Å². The highest BCUT2D eigenvalue weighted by Gasteiger charge is 2.17. The fraction of sp³-hybridized carbons (Fsp3) is 0. The van der Waals surface area contributed by atoms with Gasteiger partial charge in [-0.25, -0.2) is 5.21 Å². The van der Waals surface area contributed by atoms with Crippen molar-refractivity contribution >= 4 is 11.9 Å². The highest BCUT2D eigenvalue weighted by atomic mass is 16.7. The second-order valence-electron chi connectivity index (χ2n) is 2.43. The lowest BCUT2D eigenvalue weighted by Crippen LogP contribution is -3.08. The van der Waals surface area contributed by atoms with Crippen molar-refractivity contribution in [3.63, 3.8) is 0 Å². The Balaban J connectivity index is 2.52. The van der Waals surface area contributed by atoms with E-state index in [1.807, 2.05) is 6.07 Å². The van der Waals surface area contributed by atoms with Crippen LogP contribution in [0.3, 0.4) is 0 Å². The van der Waals surface area contributed by atoms with Crippen LogP contribution in [0, 0.1) is 5.21 Å². The van der Waals surface area contributed by atoms with E-state index in [9.17, 15) is 5.21 Å². The number of hydrazone groups is 1. The zero-order valence-electron chi connectivity index (χ0n) is 6.14. The molecule has 12 heavy (non-hydrogen) atoms. The molecule has 5 heteroatoms. The number of benzene rings is 1. The summed E-state index contributed by atoms with van der Waals surface area (Å²) in [7, 11) is 0. The van der Waals surface area contributed by atoms with Crippen molar-refractivity contribution in [2.75, 3.05) is 0 Å². The molecule has 1 aliphatic rings. The lowest BCUT2D eigenvalue weighted by atomic mass is 10.2. The van der Waals surface area contributed by atoms with Crippen molar-refractivity contribution in [1.82, 2.24) is 5.28 Å². The number of nitrogens with zero attached hydrogens (tertiary/aromatic N) is 2. The average molecular weight is 165 g/mol. The summed E-state index contributed by atoms with van der Waals surface area (Å²) in [5.74, 6) is 0. The molecule has 1 aliphatic heterocycles. The highest BCUT2D eigenvalue weighted by molar-refractivity contribution is 5.85. The van der Waals surface area contributed by atoms with Gasteiger partial charge in [-0.05, 0) is 6.07 Å². The Labute approximate surface area is 68.6 Å². The summed E-state index contributed by atoms with van der Waals surface area (Å²) in [5.41, 5.74) is 1.20. The summed E-state index contributed by atoms with van der Waals surface area (Å²) in [5, 5.41) is 23.4. The molecule has 0 fully saturated rings. The van der Waals surface area contributed by atoms with Crippen LogP contribution >= 0.6 is 0 Å². The van der Waals surface area contributed by atoms with Crippen LogP contribution in [-0.2, 0) is 0 Å². The summed E-state index contributed by atoms with van der Waals surface area (Å²) in [4.78, 5) is 0. The molecule has 0 aromatic heterocycles. The SMILES string of the molecule is [O-][NH+]1c2ccccc2C=NN1O. The molecule has 0 aliphatic carbocycles. The second kappa shape index (κ2) is 2.56. The maximum atomic E-state index is 11.2. The van der Waals surface area contributed by atoms with Gasteiger partial charge >= 0.3 is 0 Å². The van der Waals surface area contributed by atoms with E-state index in [4.69, 9.17) is 5.21 Å². The number of fused-ring (bicyclic) bond motifs is 1. The molecule has 62 valence electrons. The van der Waals surface area contributed by atoms with E-state index >= 15 is 0 Å². The molecule has 1 aromatic rings. The van der Waals surface area contributed by atoms with Gasteiger partial charge in [0.25, 0.3) is 0 Å². The molecule has 1 atom stereocenters. The zero-order chi connectivity index (χ0) is 8.55. The topological polar surface area (TPSA) is 63.3 Å². The molecule has 0 bridgehead atoms. The third-order valence-electron chi connectivity index (χ3n) is 1.68. The number of hydrogen-bond acceptors (Lipinski definition) is 4. The van der Waals surface area contributed by atoms with Crippen LogP contribution in [0.25, 0.3) is 0 Å². The third-order valence-corrected chi connectivity index (χ3v) is 1.68. The summed E-state index contributed by atoms with van der Waals surface area (Å²) in [6.07, 6.45) is 1.44. The lowest BCUT2D eigenvalue weighted by molar-refractivity contribution is -0.960. The van der Waals surface area contributed by atoms with Crippen LogP contribution in [0.1, 0.15) is 5.56 Å². The van der Waals surface area contributed by atoms with Gasteiger partial charge < -0.3 is 5.21 Å². The number of hydrogen-bond donors (Lipinski definition) is 2. The molecule has 2 N–H and O–H groups in total. The van der Waals surface area contributed by atoms with Gasteiger partial charge in [0.05, 0.1) is 11.8 Å². The average Bonchev–Trinajstić information content (AvgIpc) is 2.12. The number of nitrogens with one attached hydrogen (secondary N) is 1. The Bertz CT molecular complexity index is 326. The monoisotopic (exact) mass is 165 g/mol. The summed E-state index contributed by atoms with van der Waals surface area (Å²) < 4.78 is 0. The summed E-state index contributed by atoms with van der Waals surface area (Å²) in [6.45, 7) is 0. The highest BCUT2D eigenvalue weighted by Crippen LogP contribution is 2.10. The van der Waals surface area contributed by atoms with Crippen molar-refractivity contribution in [2.24, 2.45) is 5.10 Å². The first kappa shape index (κ1) is 7.23. The van der Waals surface area contributed by atoms with Gasteiger partial charge in [0.2, 0.25) is 0 Å².